The fraction of sp³-hybridized carbons (Fsp3) is 0.350. The summed E-state index contributed by atoms with van der Waals surface area (Å²) in [6.07, 6.45) is 3.71. The van der Waals surface area contributed by atoms with Crippen LogP contribution in [-0.2, 0) is 4.79 Å². The molecule has 0 aliphatic carbocycles. The van der Waals surface area contributed by atoms with E-state index in [1.54, 1.807) is 6.92 Å². The standard InChI is InChI=1S/C20H23F2N3O/c1-14(20(26)24-19-17(21)6-5-7-18(19)22)23-15-8-10-16(11-9-15)25-12-3-2-4-13-25/h5-11,14,23H,2-4,12-13H2,1H3,(H,24,26)/t14-/m0/s1. The van der Waals surface area contributed by atoms with Gasteiger partial charge in [-0.3, -0.25) is 4.79 Å². The largest absolute Gasteiger partial charge is 0.374 e. The molecule has 0 radical (unpaired) electrons. The fourth-order valence-corrected chi connectivity index (χ4v) is 3.08. The summed E-state index contributed by atoms with van der Waals surface area (Å²) in [7, 11) is 0. The molecule has 1 amide bonds. The number of carbonyl (C=O) groups excluding carboxylic acids is 1. The molecule has 0 aromatic heterocycles. The second kappa shape index (κ2) is 8.17. The lowest BCUT2D eigenvalue weighted by Crippen LogP contribution is -2.32. The van der Waals surface area contributed by atoms with E-state index in [0.29, 0.717) is 0 Å². The van der Waals surface area contributed by atoms with Crippen LogP contribution in [0.25, 0.3) is 0 Å². The van der Waals surface area contributed by atoms with Crippen LogP contribution in [0.15, 0.2) is 42.5 Å². The van der Waals surface area contributed by atoms with Crippen molar-refractivity contribution in [3.8, 4) is 0 Å². The zero-order valence-electron chi connectivity index (χ0n) is 14.8. The molecule has 1 aliphatic heterocycles. The van der Waals surface area contributed by atoms with Crippen molar-refractivity contribution in [3.05, 3.63) is 54.1 Å². The van der Waals surface area contributed by atoms with Crippen LogP contribution in [0.3, 0.4) is 0 Å². The van der Waals surface area contributed by atoms with E-state index >= 15 is 0 Å². The highest BCUT2D eigenvalue weighted by Gasteiger charge is 2.17. The van der Waals surface area contributed by atoms with Gasteiger partial charge in [-0.15, -0.1) is 0 Å². The van der Waals surface area contributed by atoms with Crippen molar-refractivity contribution in [2.24, 2.45) is 0 Å². The van der Waals surface area contributed by atoms with Gasteiger partial charge in [-0.2, -0.15) is 0 Å². The third-order valence-corrected chi connectivity index (χ3v) is 4.58. The molecule has 1 saturated heterocycles. The SMILES string of the molecule is C[C@H](Nc1ccc(N2CCCCC2)cc1)C(=O)Nc1c(F)cccc1F. The lowest BCUT2D eigenvalue weighted by molar-refractivity contribution is -0.116. The van der Waals surface area contributed by atoms with Gasteiger partial charge < -0.3 is 15.5 Å². The van der Waals surface area contributed by atoms with Crippen LogP contribution >= 0.6 is 0 Å². The van der Waals surface area contributed by atoms with E-state index in [1.165, 1.54) is 31.0 Å². The van der Waals surface area contributed by atoms with Gasteiger partial charge in [0, 0.05) is 24.5 Å². The van der Waals surface area contributed by atoms with Gasteiger partial charge in [0.2, 0.25) is 5.91 Å². The molecule has 1 aliphatic rings. The third-order valence-electron chi connectivity index (χ3n) is 4.58. The first-order chi connectivity index (χ1) is 12.5. The molecule has 0 spiro atoms. The minimum Gasteiger partial charge on any atom is -0.374 e. The molecule has 2 N–H and O–H groups in total. The number of amides is 1. The number of rotatable bonds is 5. The summed E-state index contributed by atoms with van der Waals surface area (Å²) in [5, 5.41) is 5.36. The number of halogens is 2. The third kappa shape index (κ3) is 4.31. The summed E-state index contributed by atoms with van der Waals surface area (Å²) in [6.45, 7) is 3.78. The number of nitrogens with zero attached hydrogens (tertiary/aromatic N) is 1. The molecule has 2 aromatic rings. The topological polar surface area (TPSA) is 44.4 Å². The molecular formula is C20H23F2N3O. The van der Waals surface area contributed by atoms with Gasteiger partial charge in [-0.05, 0) is 62.6 Å². The van der Waals surface area contributed by atoms with E-state index in [4.69, 9.17) is 0 Å². The average molecular weight is 359 g/mol. The van der Waals surface area contributed by atoms with Crippen molar-refractivity contribution in [2.75, 3.05) is 28.6 Å². The summed E-state index contributed by atoms with van der Waals surface area (Å²) >= 11 is 0. The molecule has 0 saturated carbocycles. The van der Waals surface area contributed by atoms with Crippen molar-refractivity contribution in [1.82, 2.24) is 0 Å². The highest BCUT2D eigenvalue weighted by molar-refractivity contribution is 5.96. The maximum Gasteiger partial charge on any atom is 0.246 e. The highest BCUT2D eigenvalue weighted by atomic mass is 19.1. The smallest absolute Gasteiger partial charge is 0.246 e. The van der Waals surface area contributed by atoms with Crippen LogP contribution in [0.2, 0.25) is 0 Å². The number of anilines is 3. The first-order valence-corrected chi connectivity index (χ1v) is 8.91. The highest BCUT2D eigenvalue weighted by Crippen LogP contribution is 2.22. The molecular weight excluding hydrogens is 336 g/mol. The Morgan fingerprint density at radius 1 is 1.00 bits per heavy atom. The monoisotopic (exact) mass is 359 g/mol. The first-order valence-electron chi connectivity index (χ1n) is 8.91. The first kappa shape index (κ1) is 18.2. The van der Waals surface area contributed by atoms with Crippen LogP contribution in [-0.4, -0.2) is 25.0 Å². The van der Waals surface area contributed by atoms with Crippen LogP contribution in [0.4, 0.5) is 25.8 Å². The normalized spacial score (nSPS) is 15.4. The number of carbonyl (C=O) groups is 1. The van der Waals surface area contributed by atoms with E-state index in [-0.39, 0.29) is 0 Å². The maximum absolute atomic E-state index is 13.6. The Bertz CT molecular complexity index is 738. The van der Waals surface area contributed by atoms with E-state index in [0.717, 1.165) is 30.9 Å². The van der Waals surface area contributed by atoms with Crippen molar-refractivity contribution in [2.45, 2.75) is 32.2 Å². The molecule has 1 atom stereocenters. The second-order valence-corrected chi connectivity index (χ2v) is 6.55. The quantitative estimate of drug-likeness (QED) is 0.832. The Hall–Kier alpha value is -2.63. The van der Waals surface area contributed by atoms with Gasteiger partial charge in [0.05, 0.1) is 0 Å². The minimum absolute atomic E-state index is 0.424. The second-order valence-electron chi connectivity index (χ2n) is 6.55. The van der Waals surface area contributed by atoms with E-state index in [2.05, 4.69) is 15.5 Å². The van der Waals surface area contributed by atoms with Crippen molar-refractivity contribution in [3.63, 3.8) is 0 Å². The van der Waals surface area contributed by atoms with Gasteiger partial charge in [0.25, 0.3) is 0 Å². The number of benzene rings is 2. The van der Waals surface area contributed by atoms with Crippen LogP contribution in [0.1, 0.15) is 26.2 Å². The molecule has 3 rings (SSSR count). The van der Waals surface area contributed by atoms with Gasteiger partial charge in [0.15, 0.2) is 0 Å². The molecule has 4 nitrogen and oxygen atoms in total. The van der Waals surface area contributed by atoms with Crippen molar-refractivity contribution in [1.29, 1.82) is 0 Å². The van der Waals surface area contributed by atoms with Crippen LogP contribution < -0.4 is 15.5 Å². The van der Waals surface area contributed by atoms with E-state index in [9.17, 15) is 13.6 Å². The molecule has 1 heterocycles. The van der Waals surface area contributed by atoms with Crippen LogP contribution in [0.5, 0.6) is 0 Å². The summed E-state index contributed by atoms with van der Waals surface area (Å²) in [5.74, 6) is -2.10. The summed E-state index contributed by atoms with van der Waals surface area (Å²) in [5.41, 5.74) is 1.52. The molecule has 26 heavy (non-hydrogen) atoms. The summed E-state index contributed by atoms with van der Waals surface area (Å²) in [4.78, 5) is 14.6. The summed E-state index contributed by atoms with van der Waals surface area (Å²) in [6, 6.07) is 10.7. The lowest BCUT2D eigenvalue weighted by Gasteiger charge is -2.29. The molecule has 0 unspecified atom stereocenters. The molecule has 2 aromatic carbocycles. The number of hydrogen-bond donors (Lipinski definition) is 2. The zero-order chi connectivity index (χ0) is 18.5. The van der Waals surface area contributed by atoms with Crippen LogP contribution in [0, 0.1) is 11.6 Å². The van der Waals surface area contributed by atoms with Gasteiger partial charge in [-0.25, -0.2) is 8.78 Å². The van der Waals surface area contributed by atoms with E-state index in [1.807, 2.05) is 24.3 Å². The Balaban J connectivity index is 1.60. The molecule has 138 valence electrons. The maximum atomic E-state index is 13.6. The number of nitrogens with one attached hydrogen (secondary N) is 2. The van der Waals surface area contributed by atoms with Crippen molar-refractivity contribution < 1.29 is 13.6 Å². The Kier molecular flexibility index (Phi) is 5.71. The Labute approximate surface area is 152 Å². The molecule has 6 heteroatoms. The lowest BCUT2D eigenvalue weighted by atomic mass is 10.1. The number of para-hydroxylation sites is 1. The number of piperidine rings is 1. The predicted molar refractivity (Wildman–Crippen MR) is 101 cm³/mol. The van der Waals surface area contributed by atoms with Gasteiger partial charge in [-0.1, -0.05) is 6.07 Å². The molecule has 0 bridgehead atoms. The van der Waals surface area contributed by atoms with Gasteiger partial charge in [0.1, 0.15) is 23.4 Å². The molecule has 1 fully saturated rings. The van der Waals surface area contributed by atoms with E-state index < -0.39 is 29.3 Å². The predicted octanol–water partition coefficient (Wildman–Crippen LogP) is 4.39. The summed E-state index contributed by atoms with van der Waals surface area (Å²) < 4.78 is 27.3. The Morgan fingerprint density at radius 2 is 1.62 bits per heavy atom. The Morgan fingerprint density at radius 3 is 2.23 bits per heavy atom. The van der Waals surface area contributed by atoms with Crippen molar-refractivity contribution >= 4 is 23.0 Å². The average Bonchev–Trinajstić information content (AvgIpc) is 2.66. The fourth-order valence-electron chi connectivity index (χ4n) is 3.08. The van der Waals surface area contributed by atoms with Gasteiger partial charge >= 0.3 is 0 Å². The number of hydrogen-bond acceptors (Lipinski definition) is 3. The minimum atomic E-state index is -0.795. The zero-order valence-corrected chi connectivity index (χ0v) is 14.8.